The van der Waals surface area contributed by atoms with E-state index in [1.54, 1.807) is 18.2 Å². The molecule has 0 radical (unpaired) electrons. The Hall–Kier alpha value is -3.08. The Balaban J connectivity index is 1.99. The lowest BCUT2D eigenvalue weighted by molar-refractivity contribution is 0.0593. The molecule has 0 atom stereocenters. The van der Waals surface area contributed by atoms with Gasteiger partial charge in [-0.3, -0.25) is 0 Å². The van der Waals surface area contributed by atoms with Gasteiger partial charge in [-0.2, -0.15) is 0 Å². The molecule has 24 heavy (non-hydrogen) atoms. The standard InChI is InChI=1S/C19H17NO4/c1-3-23-14-8-10-15(11-9-14)24-18-16-7-5-4-6-13(16)12-17(20-18)19(21)22-2/h4-12H,3H2,1-2H3. The number of carbonyl (C=O) groups excluding carboxylic acids is 1. The lowest BCUT2D eigenvalue weighted by Crippen LogP contribution is -2.05. The predicted molar refractivity (Wildman–Crippen MR) is 90.8 cm³/mol. The minimum atomic E-state index is -0.503. The Kier molecular flexibility index (Phi) is 4.61. The number of aromatic nitrogens is 1. The molecule has 0 saturated heterocycles. The van der Waals surface area contributed by atoms with Gasteiger partial charge in [0.15, 0.2) is 5.69 Å². The lowest BCUT2D eigenvalue weighted by Gasteiger charge is -2.10. The zero-order chi connectivity index (χ0) is 16.9. The first-order valence-electron chi connectivity index (χ1n) is 7.60. The second kappa shape index (κ2) is 7.00. The second-order valence-electron chi connectivity index (χ2n) is 5.03. The van der Waals surface area contributed by atoms with Crippen LogP contribution < -0.4 is 9.47 Å². The zero-order valence-corrected chi connectivity index (χ0v) is 13.5. The van der Waals surface area contributed by atoms with Gasteiger partial charge in [-0.1, -0.05) is 18.2 Å². The number of hydrogen-bond acceptors (Lipinski definition) is 5. The van der Waals surface area contributed by atoms with E-state index in [2.05, 4.69) is 4.98 Å². The van der Waals surface area contributed by atoms with Crippen LogP contribution in [0.25, 0.3) is 10.8 Å². The summed E-state index contributed by atoms with van der Waals surface area (Å²) < 4.78 is 16.1. The summed E-state index contributed by atoms with van der Waals surface area (Å²) in [6.07, 6.45) is 0. The lowest BCUT2D eigenvalue weighted by atomic mass is 10.1. The molecule has 0 unspecified atom stereocenters. The van der Waals surface area contributed by atoms with E-state index in [-0.39, 0.29) is 5.69 Å². The first kappa shape index (κ1) is 15.8. The molecule has 0 amide bonds. The molecule has 0 N–H and O–H groups in total. The van der Waals surface area contributed by atoms with Crippen LogP contribution >= 0.6 is 0 Å². The van der Waals surface area contributed by atoms with Crippen molar-refractivity contribution in [3.63, 3.8) is 0 Å². The Morgan fingerprint density at radius 1 is 1.04 bits per heavy atom. The number of ether oxygens (including phenoxy) is 3. The van der Waals surface area contributed by atoms with E-state index in [4.69, 9.17) is 14.2 Å². The molecule has 122 valence electrons. The Labute approximate surface area is 139 Å². The minimum absolute atomic E-state index is 0.206. The van der Waals surface area contributed by atoms with E-state index in [9.17, 15) is 4.79 Å². The van der Waals surface area contributed by atoms with Crippen molar-refractivity contribution in [2.75, 3.05) is 13.7 Å². The number of nitrogens with zero attached hydrogens (tertiary/aromatic N) is 1. The quantitative estimate of drug-likeness (QED) is 0.658. The highest BCUT2D eigenvalue weighted by Crippen LogP contribution is 2.30. The SMILES string of the molecule is CCOc1ccc(Oc2nc(C(=O)OC)cc3ccccc23)cc1. The summed E-state index contributed by atoms with van der Waals surface area (Å²) in [6.45, 7) is 2.53. The van der Waals surface area contributed by atoms with E-state index in [0.29, 0.717) is 18.2 Å². The van der Waals surface area contributed by atoms with Crippen molar-refractivity contribution in [1.82, 2.24) is 4.98 Å². The Morgan fingerprint density at radius 3 is 2.46 bits per heavy atom. The van der Waals surface area contributed by atoms with Gasteiger partial charge >= 0.3 is 5.97 Å². The van der Waals surface area contributed by atoms with Crippen molar-refractivity contribution in [3.05, 3.63) is 60.3 Å². The molecular weight excluding hydrogens is 306 g/mol. The van der Waals surface area contributed by atoms with Crippen LogP contribution in [0.1, 0.15) is 17.4 Å². The molecule has 2 aromatic carbocycles. The Morgan fingerprint density at radius 2 is 1.75 bits per heavy atom. The average Bonchev–Trinajstić information content (AvgIpc) is 2.62. The van der Waals surface area contributed by atoms with Gasteiger partial charge in [0, 0.05) is 5.39 Å². The van der Waals surface area contributed by atoms with Gasteiger partial charge in [0.05, 0.1) is 13.7 Å². The van der Waals surface area contributed by atoms with Crippen molar-refractivity contribution in [2.24, 2.45) is 0 Å². The second-order valence-corrected chi connectivity index (χ2v) is 5.03. The molecule has 0 spiro atoms. The van der Waals surface area contributed by atoms with Crippen LogP contribution in [0.15, 0.2) is 54.6 Å². The van der Waals surface area contributed by atoms with Crippen molar-refractivity contribution in [3.8, 4) is 17.4 Å². The van der Waals surface area contributed by atoms with Crippen LogP contribution in [0.4, 0.5) is 0 Å². The van der Waals surface area contributed by atoms with E-state index < -0.39 is 5.97 Å². The summed E-state index contributed by atoms with van der Waals surface area (Å²) in [7, 11) is 1.33. The van der Waals surface area contributed by atoms with Crippen LogP contribution in [0, 0.1) is 0 Å². The number of carbonyl (C=O) groups is 1. The van der Waals surface area contributed by atoms with E-state index >= 15 is 0 Å². The normalized spacial score (nSPS) is 10.4. The van der Waals surface area contributed by atoms with Gasteiger partial charge in [0.2, 0.25) is 5.88 Å². The summed E-state index contributed by atoms with van der Waals surface area (Å²) in [5.41, 5.74) is 0.206. The van der Waals surface area contributed by atoms with Crippen molar-refractivity contribution in [1.29, 1.82) is 0 Å². The van der Waals surface area contributed by atoms with Crippen molar-refractivity contribution >= 4 is 16.7 Å². The van der Waals surface area contributed by atoms with Crippen LogP contribution in [0.2, 0.25) is 0 Å². The molecule has 0 saturated carbocycles. The maximum atomic E-state index is 11.8. The fourth-order valence-corrected chi connectivity index (χ4v) is 2.34. The van der Waals surface area contributed by atoms with E-state index in [1.165, 1.54) is 7.11 Å². The summed E-state index contributed by atoms with van der Waals surface area (Å²) >= 11 is 0. The third-order valence-corrected chi connectivity index (χ3v) is 3.45. The van der Waals surface area contributed by atoms with Gasteiger partial charge < -0.3 is 14.2 Å². The molecule has 5 nitrogen and oxygen atoms in total. The molecule has 0 aliphatic carbocycles. The third kappa shape index (κ3) is 3.30. The molecule has 3 aromatic rings. The summed E-state index contributed by atoms with van der Waals surface area (Å²) in [5.74, 6) is 1.24. The first-order chi connectivity index (χ1) is 11.7. The van der Waals surface area contributed by atoms with Crippen molar-refractivity contribution in [2.45, 2.75) is 6.92 Å². The van der Waals surface area contributed by atoms with Gasteiger partial charge in [-0.25, -0.2) is 9.78 Å². The van der Waals surface area contributed by atoms with Crippen LogP contribution in [-0.4, -0.2) is 24.7 Å². The van der Waals surface area contributed by atoms with Crippen LogP contribution in [0.5, 0.6) is 17.4 Å². The highest BCUT2D eigenvalue weighted by atomic mass is 16.5. The van der Waals surface area contributed by atoms with Gasteiger partial charge in [0.25, 0.3) is 0 Å². The molecule has 1 heterocycles. The van der Waals surface area contributed by atoms with Gasteiger partial charge in [-0.15, -0.1) is 0 Å². The molecule has 0 aliphatic rings. The highest BCUT2D eigenvalue weighted by Gasteiger charge is 2.13. The summed E-state index contributed by atoms with van der Waals surface area (Å²) in [6, 6.07) is 16.5. The van der Waals surface area contributed by atoms with E-state index in [1.807, 2.05) is 43.3 Å². The number of rotatable bonds is 5. The molecule has 0 fully saturated rings. The summed E-state index contributed by atoms with van der Waals surface area (Å²) in [5, 5.41) is 1.67. The third-order valence-electron chi connectivity index (χ3n) is 3.45. The number of fused-ring (bicyclic) bond motifs is 1. The average molecular weight is 323 g/mol. The number of benzene rings is 2. The van der Waals surface area contributed by atoms with Gasteiger partial charge in [-0.05, 0) is 48.7 Å². The molecule has 1 aromatic heterocycles. The topological polar surface area (TPSA) is 57.7 Å². The highest BCUT2D eigenvalue weighted by molar-refractivity contribution is 5.95. The smallest absolute Gasteiger partial charge is 0.356 e. The predicted octanol–water partition coefficient (Wildman–Crippen LogP) is 4.21. The van der Waals surface area contributed by atoms with Gasteiger partial charge in [0.1, 0.15) is 11.5 Å². The number of esters is 1. The molecule has 0 aliphatic heterocycles. The zero-order valence-electron chi connectivity index (χ0n) is 13.5. The Bertz CT molecular complexity index is 859. The molecule has 0 bridgehead atoms. The number of hydrogen-bond donors (Lipinski definition) is 0. The fraction of sp³-hybridized carbons (Fsp3) is 0.158. The molecule has 3 rings (SSSR count). The minimum Gasteiger partial charge on any atom is -0.494 e. The first-order valence-corrected chi connectivity index (χ1v) is 7.60. The largest absolute Gasteiger partial charge is 0.494 e. The molecular formula is C19H17NO4. The van der Waals surface area contributed by atoms with E-state index in [0.717, 1.165) is 16.5 Å². The van der Waals surface area contributed by atoms with Crippen LogP contribution in [-0.2, 0) is 4.74 Å². The monoisotopic (exact) mass is 323 g/mol. The molecule has 5 heteroatoms. The summed E-state index contributed by atoms with van der Waals surface area (Å²) in [4.78, 5) is 16.1. The number of pyridine rings is 1. The number of methoxy groups -OCH3 is 1. The van der Waals surface area contributed by atoms with Crippen molar-refractivity contribution < 1.29 is 19.0 Å². The van der Waals surface area contributed by atoms with Crippen LogP contribution in [0.3, 0.4) is 0 Å². The maximum absolute atomic E-state index is 11.8. The maximum Gasteiger partial charge on any atom is 0.356 e. The fourth-order valence-electron chi connectivity index (χ4n) is 2.34.